The van der Waals surface area contributed by atoms with Crippen molar-refractivity contribution in [2.75, 3.05) is 0 Å². The number of ether oxygens (including phenoxy) is 1. The average Bonchev–Trinajstić information content (AvgIpc) is 2.52. The molecular formula is C20H21F2NO4. The van der Waals surface area contributed by atoms with Gasteiger partial charge in [-0.05, 0) is 49.6 Å². The lowest BCUT2D eigenvalue weighted by Gasteiger charge is -2.22. The number of halogens is 2. The molecule has 0 unspecified atom stereocenters. The second-order valence-electron chi connectivity index (χ2n) is 7.10. The van der Waals surface area contributed by atoms with Gasteiger partial charge in [0.15, 0.2) is 0 Å². The van der Waals surface area contributed by atoms with E-state index >= 15 is 0 Å². The molecule has 27 heavy (non-hydrogen) atoms. The minimum atomic E-state index is -1.20. The molecule has 2 N–H and O–H groups in total. The Hall–Kier alpha value is -2.96. The topological polar surface area (TPSA) is 75.6 Å². The standard InChI is InChI=1S/C20H21F2NO4/c1-20(2,3)27-19(26)23-17(18(24)25)8-12-4-6-13(7-5-12)14-9-15(21)11-16(22)10-14/h4-7,9-11,17H,8H2,1-3H3,(H,23,26)(H,24,25)/t17-/m0/s1. The third-order valence-electron chi connectivity index (χ3n) is 3.58. The maximum atomic E-state index is 13.3. The number of carbonyl (C=O) groups is 2. The Balaban J connectivity index is 2.10. The first-order chi connectivity index (χ1) is 12.5. The number of hydrogen-bond donors (Lipinski definition) is 2. The van der Waals surface area contributed by atoms with Gasteiger partial charge in [-0.3, -0.25) is 0 Å². The number of carboxylic acid groups (broad SMARTS) is 1. The van der Waals surface area contributed by atoms with E-state index in [1.807, 2.05) is 0 Å². The van der Waals surface area contributed by atoms with Gasteiger partial charge in [0, 0.05) is 12.5 Å². The number of amides is 1. The second-order valence-corrected chi connectivity index (χ2v) is 7.10. The molecule has 1 amide bonds. The fourth-order valence-corrected chi connectivity index (χ4v) is 2.44. The van der Waals surface area contributed by atoms with Crippen LogP contribution < -0.4 is 5.32 Å². The first-order valence-electron chi connectivity index (χ1n) is 8.31. The molecule has 0 saturated heterocycles. The fraction of sp³-hybridized carbons (Fsp3) is 0.300. The predicted octanol–water partition coefficient (Wildman–Crippen LogP) is 4.15. The third-order valence-corrected chi connectivity index (χ3v) is 3.58. The smallest absolute Gasteiger partial charge is 0.408 e. The van der Waals surface area contributed by atoms with E-state index < -0.39 is 35.3 Å². The van der Waals surface area contributed by atoms with Gasteiger partial charge in [0.25, 0.3) is 0 Å². The number of benzene rings is 2. The Morgan fingerprint density at radius 2 is 1.59 bits per heavy atom. The van der Waals surface area contributed by atoms with Gasteiger partial charge in [-0.1, -0.05) is 24.3 Å². The van der Waals surface area contributed by atoms with Crippen molar-refractivity contribution in [3.8, 4) is 11.1 Å². The number of rotatable bonds is 5. The monoisotopic (exact) mass is 377 g/mol. The Kier molecular flexibility index (Phi) is 6.15. The lowest BCUT2D eigenvalue weighted by molar-refractivity contribution is -0.139. The van der Waals surface area contributed by atoms with Gasteiger partial charge >= 0.3 is 12.1 Å². The molecule has 0 spiro atoms. The van der Waals surface area contributed by atoms with Gasteiger partial charge in [0.2, 0.25) is 0 Å². The Bertz CT molecular complexity index is 809. The van der Waals surface area contributed by atoms with E-state index in [9.17, 15) is 23.5 Å². The van der Waals surface area contributed by atoms with Crippen LogP contribution in [0.15, 0.2) is 42.5 Å². The summed E-state index contributed by atoms with van der Waals surface area (Å²) < 4.78 is 31.7. The van der Waals surface area contributed by atoms with Crippen molar-refractivity contribution in [3.05, 3.63) is 59.7 Å². The number of carbonyl (C=O) groups excluding carboxylic acids is 1. The molecule has 5 nitrogen and oxygen atoms in total. The van der Waals surface area contributed by atoms with Crippen LogP contribution in [0.2, 0.25) is 0 Å². The molecule has 2 aromatic carbocycles. The summed E-state index contributed by atoms with van der Waals surface area (Å²) in [5, 5.41) is 11.6. The molecule has 2 rings (SSSR count). The van der Waals surface area contributed by atoms with Gasteiger partial charge in [-0.25, -0.2) is 18.4 Å². The van der Waals surface area contributed by atoms with Crippen molar-refractivity contribution in [1.29, 1.82) is 0 Å². The van der Waals surface area contributed by atoms with Gasteiger partial charge in [-0.2, -0.15) is 0 Å². The maximum absolute atomic E-state index is 13.3. The predicted molar refractivity (Wildman–Crippen MR) is 96.3 cm³/mol. The highest BCUT2D eigenvalue weighted by Gasteiger charge is 2.24. The molecule has 0 heterocycles. The van der Waals surface area contributed by atoms with Crippen LogP contribution in [0.3, 0.4) is 0 Å². The largest absolute Gasteiger partial charge is 0.480 e. The van der Waals surface area contributed by atoms with E-state index in [1.165, 1.54) is 12.1 Å². The molecule has 0 fully saturated rings. The molecule has 7 heteroatoms. The zero-order chi connectivity index (χ0) is 20.2. The van der Waals surface area contributed by atoms with Crippen molar-refractivity contribution in [2.45, 2.75) is 38.8 Å². The van der Waals surface area contributed by atoms with Crippen LogP contribution in [0.1, 0.15) is 26.3 Å². The highest BCUT2D eigenvalue weighted by atomic mass is 19.1. The Labute approximate surface area is 156 Å². The van der Waals surface area contributed by atoms with Crippen molar-refractivity contribution < 1.29 is 28.2 Å². The summed E-state index contributed by atoms with van der Waals surface area (Å²) in [5.41, 5.74) is 0.860. The molecular weight excluding hydrogens is 356 g/mol. The summed E-state index contributed by atoms with van der Waals surface area (Å²) in [7, 11) is 0. The second kappa shape index (κ2) is 8.16. The van der Waals surface area contributed by atoms with Gasteiger partial charge in [0.05, 0.1) is 0 Å². The Morgan fingerprint density at radius 3 is 2.07 bits per heavy atom. The number of hydrogen-bond acceptors (Lipinski definition) is 3. The van der Waals surface area contributed by atoms with Crippen LogP contribution in [-0.4, -0.2) is 28.8 Å². The van der Waals surface area contributed by atoms with Crippen molar-refractivity contribution >= 4 is 12.1 Å². The maximum Gasteiger partial charge on any atom is 0.408 e. The van der Waals surface area contributed by atoms with Gasteiger partial charge in [0.1, 0.15) is 23.3 Å². The summed E-state index contributed by atoms with van der Waals surface area (Å²) in [5.74, 6) is -2.56. The molecule has 0 aliphatic heterocycles. The minimum Gasteiger partial charge on any atom is -0.480 e. The normalized spacial score (nSPS) is 12.3. The number of alkyl carbamates (subject to hydrolysis) is 1. The summed E-state index contributed by atoms with van der Waals surface area (Å²) in [6, 6.07) is 8.60. The molecule has 0 bridgehead atoms. The van der Waals surface area contributed by atoms with Crippen LogP contribution in [0.4, 0.5) is 13.6 Å². The van der Waals surface area contributed by atoms with Crippen LogP contribution >= 0.6 is 0 Å². The summed E-state index contributed by atoms with van der Waals surface area (Å²) in [6.45, 7) is 5.03. The molecule has 0 aliphatic rings. The fourth-order valence-electron chi connectivity index (χ4n) is 2.44. The summed E-state index contributed by atoms with van der Waals surface area (Å²) in [4.78, 5) is 23.2. The zero-order valence-corrected chi connectivity index (χ0v) is 15.3. The lowest BCUT2D eigenvalue weighted by Crippen LogP contribution is -2.44. The molecule has 0 aromatic heterocycles. The van der Waals surface area contributed by atoms with Crippen molar-refractivity contribution in [2.24, 2.45) is 0 Å². The molecule has 2 aromatic rings. The SMILES string of the molecule is CC(C)(C)OC(=O)N[C@@H](Cc1ccc(-c2cc(F)cc(F)c2)cc1)C(=O)O. The molecule has 144 valence electrons. The molecule has 1 atom stereocenters. The van der Waals surface area contributed by atoms with Crippen LogP contribution in [0, 0.1) is 11.6 Å². The zero-order valence-electron chi connectivity index (χ0n) is 15.3. The summed E-state index contributed by atoms with van der Waals surface area (Å²) in [6.07, 6.45) is -0.784. The molecule has 0 saturated carbocycles. The summed E-state index contributed by atoms with van der Waals surface area (Å²) >= 11 is 0. The van der Waals surface area contributed by atoms with Crippen LogP contribution in [0.25, 0.3) is 11.1 Å². The van der Waals surface area contributed by atoms with E-state index in [0.717, 1.165) is 6.07 Å². The lowest BCUT2D eigenvalue weighted by atomic mass is 10.0. The van der Waals surface area contributed by atoms with E-state index in [1.54, 1.807) is 45.0 Å². The third kappa shape index (κ3) is 6.36. The minimum absolute atomic E-state index is 0.0341. The number of carboxylic acids is 1. The van der Waals surface area contributed by atoms with Crippen LogP contribution in [-0.2, 0) is 16.0 Å². The van der Waals surface area contributed by atoms with Crippen molar-refractivity contribution in [3.63, 3.8) is 0 Å². The van der Waals surface area contributed by atoms with Gasteiger partial charge < -0.3 is 15.2 Å². The van der Waals surface area contributed by atoms with Gasteiger partial charge in [-0.15, -0.1) is 0 Å². The first kappa shape index (κ1) is 20.4. The Morgan fingerprint density at radius 1 is 1.04 bits per heavy atom. The average molecular weight is 377 g/mol. The highest BCUT2D eigenvalue weighted by molar-refractivity contribution is 5.80. The van der Waals surface area contributed by atoms with E-state index in [4.69, 9.17) is 4.74 Å². The number of nitrogens with one attached hydrogen (secondary N) is 1. The van der Waals surface area contributed by atoms with E-state index in [-0.39, 0.29) is 6.42 Å². The van der Waals surface area contributed by atoms with E-state index in [0.29, 0.717) is 16.7 Å². The van der Waals surface area contributed by atoms with E-state index in [2.05, 4.69) is 5.32 Å². The quantitative estimate of drug-likeness (QED) is 0.821. The first-order valence-corrected chi connectivity index (χ1v) is 8.31. The number of aliphatic carboxylic acids is 1. The van der Waals surface area contributed by atoms with Crippen LogP contribution in [0.5, 0.6) is 0 Å². The van der Waals surface area contributed by atoms with Crippen molar-refractivity contribution in [1.82, 2.24) is 5.32 Å². The molecule has 0 radical (unpaired) electrons. The highest BCUT2D eigenvalue weighted by Crippen LogP contribution is 2.22. The molecule has 0 aliphatic carbocycles.